The Bertz CT molecular complexity index is 502. The lowest BCUT2D eigenvalue weighted by Gasteiger charge is -2.18. The number of carbonyl (C=O) groups excluding carboxylic acids is 2. The lowest BCUT2D eigenvalue weighted by atomic mass is 10.1. The van der Waals surface area contributed by atoms with Gasteiger partial charge in [0.15, 0.2) is 0 Å². The SMILES string of the molecule is CN(C)CCCN1CC(C(=O)NCc2ccccc2)CC1=O. The Hall–Kier alpha value is -1.88. The van der Waals surface area contributed by atoms with Crippen molar-refractivity contribution in [2.45, 2.75) is 19.4 Å². The van der Waals surface area contributed by atoms with Gasteiger partial charge in [0.2, 0.25) is 11.8 Å². The third-order valence-corrected chi connectivity index (χ3v) is 3.93. The summed E-state index contributed by atoms with van der Waals surface area (Å²) < 4.78 is 0. The van der Waals surface area contributed by atoms with E-state index in [1.807, 2.05) is 49.3 Å². The molecule has 1 atom stereocenters. The fourth-order valence-corrected chi connectivity index (χ4v) is 2.67. The highest BCUT2D eigenvalue weighted by molar-refractivity contribution is 5.89. The number of nitrogens with zero attached hydrogens (tertiary/aromatic N) is 2. The predicted octanol–water partition coefficient (Wildman–Crippen LogP) is 1.10. The average molecular weight is 303 g/mol. The number of carbonyl (C=O) groups is 2. The highest BCUT2D eigenvalue weighted by Gasteiger charge is 2.33. The van der Waals surface area contributed by atoms with E-state index in [0.717, 1.165) is 25.1 Å². The van der Waals surface area contributed by atoms with Gasteiger partial charge in [-0.15, -0.1) is 0 Å². The third kappa shape index (κ3) is 4.84. The normalized spacial score (nSPS) is 18.0. The van der Waals surface area contributed by atoms with E-state index >= 15 is 0 Å². The van der Waals surface area contributed by atoms with Gasteiger partial charge in [-0.2, -0.15) is 0 Å². The van der Waals surface area contributed by atoms with Crippen LogP contribution >= 0.6 is 0 Å². The smallest absolute Gasteiger partial charge is 0.225 e. The van der Waals surface area contributed by atoms with Crippen molar-refractivity contribution in [1.82, 2.24) is 15.1 Å². The van der Waals surface area contributed by atoms with Gasteiger partial charge in [-0.3, -0.25) is 9.59 Å². The first-order chi connectivity index (χ1) is 10.6. The molecule has 0 aromatic heterocycles. The van der Waals surface area contributed by atoms with Gasteiger partial charge in [-0.05, 0) is 32.6 Å². The van der Waals surface area contributed by atoms with Crippen LogP contribution in [-0.4, -0.2) is 55.3 Å². The molecule has 120 valence electrons. The minimum absolute atomic E-state index is 0.0210. The molecule has 1 aliphatic rings. The minimum atomic E-state index is -0.212. The van der Waals surface area contributed by atoms with E-state index in [1.54, 1.807) is 0 Å². The van der Waals surface area contributed by atoms with Crippen LogP contribution in [0.5, 0.6) is 0 Å². The summed E-state index contributed by atoms with van der Waals surface area (Å²) in [6.45, 7) is 2.76. The van der Waals surface area contributed by atoms with E-state index in [2.05, 4.69) is 10.2 Å². The summed E-state index contributed by atoms with van der Waals surface area (Å²) in [4.78, 5) is 28.1. The number of likely N-dealkylation sites (tertiary alicyclic amines) is 1. The maximum atomic E-state index is 12.2. The molecular weight excluding hydrogens is 278 g/mol. The van der Waals surface area contributed by atoms with Gasteiger partial charge in [0, 0.05) is 26.1 Å². The van der Waals surface area contributed by atoms with Crippen molar-refractivity contribution in [3.63, 3.8) is 0 Å². The Morgan fingerprint density at radius 2 is 2.05 bits per heavy atom. The van der Waals surface area contributed by atoms with Crippen molar-refractivity contribution in [2.75, 3.05) is 33.7 Å². The van der Waals surface area contributed by atoms with Gasteiger partial charge in [0.1, 0.15) is 0 Å². The van der Waals surface area contributed by atoms with Crippen LogP contribution in [0.3, 0.4) is 0 Å². The van der Waals surface area contributed by atoms with Gasteiger partial charge in [-0.25, -0.2) is 0 Å². The van der Waals surface area contributed by atoms with Gasteiger partial charge >= 0.3 is 0 Å². The maximum Gasteiger partial charge on any atom is 0.225 e. The molecule has 2 rings (SSSR count). The van der Waals surface area contributed by atoms with Crippen LogP contribution in [0.1, 0.15) is 18.4 Å². The van der Waals surface area contributed by atoms with Crippen molar-refractivity contribution in [2.24, 2.45) is 5.92 Å². The highest BCUT2D eigenvalue weighted by Crippen LogP contribution is 2.18. The van der Waals surface area contributed by atoms with Crippen molar-refractivity contribution >= 4 is 11.8 Å². The summed E-state index contributed by atoms with van der Waals surface area (Å²) in [5, 5.41) is 2.93. The molecule has 0 radical (unpaired) electrons. The van der Waals surface area contributed by atoms with Gasteiger partial charge < -0.3 is 15.1 Å². The van der Waals surface area contributed by atoms with Crippen LogP contribution < -0.4 is 5.32 Å². The molecule has 0 bridgehead atoms. The fourth-order valence-electron chi connectivity index (χ4n) is 2.67. The molecule has 1 N–H and O–H groups in total. The molecule has 0 aliphatic carbocycles. The van der Waals surface area contributed by atoms with Crippen LogP contribution in [0.4, 0.5) is 0 Å². The van der Waals surface area contributed by atoms with E-state index in [0.29, 0.717) is 19.5 Å². The predicted molar refractivity (Wildman–Crippen MR) is 86.1 cm³/mol. The lowest BCUT2D eigenvalue weighted by molar-refractivity contribution is -0.129. The topological polar surface area (TPSA) is 52.6 Å². The first kappa shape index (κ1) is 16.5. The Morgan fingerprint density at radius 1 is 1.32 bits per heavy atom. The largest absolute Gasteiger partial charge is 0.352 e. The van der Waals surface area contributed by atoms with E-state index < -0.39 is 0 Å². The van der Waals surface area contributed by atoms with Crippen molar-refractivity contribution in [3.05, 3.63) is 35.9 Å². The Labute approximate surface area is 132 Å². The van der Waals surface area contributed by atoms with Crippen LogP contribution in [0.2, 0.25) is 0 Å². The van der Waals surface area contributed by atoms with Crippen molar-refractivity contribution in [3.8, 4) is 0 Å². The summed E-state index contributed by atoms with van der Waals surface area (Å²) >= 11 is 0. The first-order valence-electron chi connectivity index (χ1n) is 7.80. The number of hydrogen-bond acceptors (Lipinski definition) is 3. The average Bonchev–Trinajstić information content (AvgIpc) is 2.87. The summed E-state index contributed by atoms with van der Waals surface area (Å²) in [6.07, 6.45) is 1.28. The molecular formula is C17H25N3O2. The molecule has 1 aromatic rings. The van der Waals surface area contributed by atoms with Crippen LogP contribution in [0, 0.1) is 5.92 Å². The quantitative estimate of drug-likeness (QED) is 0.821. The highest BCUT2D eigenvalue weighted by atomic mass is 16.2. The second kappa shape index (κ2) is 7.94. The maximum absolute atomic E-state index is 12.2. The summed E-state index contributed by atoms with van der Waals surface area (Å²) in [7, 11) is 4.04. The van der Waals surface area contributed by atoms with Gasteiger partial charge in [0.25, 0.3) is 0 Å². The standard InChI is InChI=1S/C17H25N3O2/c1-19(2)9-6-10-20-13-15(11-16(20)21)17(22)18-12-14-7-4-3-5-8-14/h3-5,7-8,15H,6,9-13H2,1-2H3,(H,18,22). The van der Waals surface area contributed by atoms with E-state index in [4.69, 9.17) is 0 Å². The van der Waals surface area contributed by atoms with Crippen molar-refractivity contribution in [1.29, 1.82) is 0 Å². The number of nitrogens with one attached hydrogen (secondary N) is 1. The Kier molecular flexibility index (Phi) is 5.95. The Morgan fingerprint density at radius 3 is 2.73 bits per heavy atom. The van der Waals surface area contributed by atoms with E-state index in [-0.39, 0.29) is 17.7 Å². The minimum Gasteiger partial charge on any atom is -0.352 e. The molecule has 1 saturated heterocycles. The summed E-state index contributed by atoms with van der Waals surface area (Å²) in [5.74, 6) is -0.138. The molecule has 22 heavy (non-hydrogen) atoms. The second-order valence-electron chi connectivity index (χ2n) is 6.10. The Balaban J connectivity index is 1.76. The fraction of sp³-hybridized carbons (Fsp3) is 0.529. The molecule has 2 amide bonds. The molecule has 0 spiro atoms. The van der Waals surface area contributed by atoms with E-state index in [9.17, 15) is 9.59 Å². The van der Waals surface area contributed by atoms with Crippen LogP contribution in [0.25, 0.3) is 0 Å². The molecule has 5 heteroatoms. The van der Waals surface area contributed by atoms with Crippen LogP contribution in [-0.2, 0) is 16.1 Å². The zero-order valence-electron chi connectivity index (χ0n) is 13.4. The second-order valence-corrected chi connectivity index (χ2v) is 6.10. The summed E-state index contributed by atoms with van der Waals surface area (Å²) in [5.41, 5.74) is 1.07. The van der Waals surface area contributed by atoms with Crippen LogP contribution in [0.15, 0.2) is 30.3 Å². The first-order valence-corrected chi connectivity index (χ1v) is 7.80. The molecule has 0 saturated carbocycles. The molecule has 1 aliphatic heterocycles. The lowest BCUT2D eigenvalue weighted by Crippen LogP contribution is -2.33. The van der Waals surface area contributed by atoms with Gasteiger partial charge in [0.05, 0.1) is 5.92 Å². The van der Waals surface area contributed by atoms with E-state index in [1.165, 1.54) is 0 Å². The molecule has 5 nitrogen and oxygen atoms in total. The third-order valence-electron chi connectivity index (χ3n) is 3.93. The number of rotatable bonds is 7. The molecule has 1 aromatic carbocycles. The zero-order chi connectivity index (χ0) is 15.9. The molecule has 1 fully saturated rings. The summed E-state index contributed by atoms with van der Waals surface area (Å²) in [6, 6.07) is 9.81. The molecule has 1 heterocycles. The van der Waals surface area contributed by atoms with Crippen molar-refractivity contribution < 1.29 is 9.59 Å². The number of amides is 2. The number of hydrogen-bond donors (Lipinski definition) is 1. The monoisotopic (exact) mass is 303 g/mol. The zero-order valence-corrected chi connectivity index (χ0v) is 13.4. The van der Waals surface area contributed by atoms with Gasteiger partial charge in [-0.1, -0.05) is 30.3 Å². The molecule has 1 unspecified atom stereocenters. The number of benzene rings is 1.